The van der Waals surface area contributed by atoms with Crippen molar-refractivity contribution in [2.75, 3.05) is 5.32 Å². The molecule has 0 radical (unpaired) electrons. The van der Waals surface area contributed by atoms with Gasteiger partial charge in [-0.05, 0) is 62.9 Å². The Kier molecular flexibility index (Phi) is 4.45. The maximum Gasteiger partial charge on any atom is 0.248 e. The highest BCUT2D eigenvalue weighted by Crippen LogP contribution is 2.46. The molecule has 1 fully saturated rings. The van der Waals surface area contributed by atoms with Crippen LogP contribution in [0.5, 0.6) is 0 Å². The van der Waals surface area contributed by atoms with E-state index in [0.29, 0.717) is 23.4 Å². The molecule has 3 heterocycles. The largest absolute Gasteiger partial charge is 0.363 e. The van der Waals surface area contributed by atoms with Gasteiger partial charge in [-0.25, -0.2) is 13.3 Å². The summed E-state index contributed by atoms with van der Waals surface area (Å²) < 4.78 is 29.5. The second kappa shape index (κ2) is 6.48. The van der Waals surface area contributed by atoms with E-state index in [4.69, 9.17) is 11.6 Å². The summed E-state index contributed by atoms with van der Waals surface area (Å²) in [5.41, 5.74) is 1.55. The summed E-state index contributed by atoms with van der Waals surface area (Å²) in [5, 5.41) is 9.58. The number of thiophene rings is 1. The van der Waals surface area contributed by atoms with Gasteiger partial charge >= 0.3 is 0 Å². The Morgan fingerprint density at radius 1 is 1.48 bits per heavy atom. The lowest BCUT2D eigenvalue weighted by Crippen LogP contribution is -2.09. The normalized spacial score (nSPS) is 19.6. The summed E-state index contributed by atoms with van der Waals surface area (Å²) in [7, 11) is 0. The SMILES string of the molecule is FC1(F)CC[C@@H](c2cc3c(NCc4cccs4)nc(Cl)nn3c2Br)C1. The number of fused-ring (bicyclic) bond motifs is 1. The number of halogens is 4. The van der Waals surface area contributed by atoms with E-state index in [2.05, 4.69) is 31.3 Å². The summed E-state index contributed by atoms with van der Waals surface area (Å²) in [6, 6.07) is 5.89. The van der Waals surface area contributed by atoms with Crippen LogP contribution < -0.4 is 5.32 Å². The smallest absolute Gasteiger partial charge is 0.248 e. The first-order chi connectivity index (χ1) is 11.9. The average Bonchev–Trinajstić information content (AvgIpc) is 3.26. The number of nitrogens with zero attached hydrogens (tertiary/aromatic N) is 3. The average molecular weight is 448 g/mol. The van der Waals surface area contributed by atoms with Crippen LogP contribution in [0.15, 0.2) is 28.2 Å². The van der Waals surface area contributed by atoms with Crippen molar-refractivity contribution in [1.82, 2.24) is 14.6 Å². The van der Waals surface area contributed by atoms with Gasteiger partial charge in [0.2, 0.25) is 11.2 Å². The van der Waals surface area contributed by atoms with Crippen molar-refractivity contribution in [1.29, 1.82) is 0 Å². The summed E-state index contributed by atoms with van der Waals surface area (Å²) >= 11 is 11.2. The highest BCUT2D eigenvalue weighted by molar-refractivity contribution is 9.10. The van der Waals surface area contributed by atoms with E-state index >= 15 is 0 Å². The van der Waals surface area contributed by atoms with Crippen LogP contribution in [0.2, 0.25) is 5.28 Å². The van der Waals surface area contributed by atoms with Gasteiger partial charge in [0, 0.05) is 17.7 Å². The number of nitrogens with one attached hydrogen (secondary N) is 1. The third-order valence-corrected chi connectivity index (χ3v) is 6.26. The Balaban J connectivity index is 1.70. The molecule has 1 aliphatic carbocycles. The molecule has 25 heavy (non-hydrogen) atoms. The van der Waals surface area contributed by atoms with Gasteiger partial charge in [-0.2, -0.15) is 4.98 Å². The van der Waals surface area contributed by atoms with Gasteiger partial charge in [-0.15, -0.1) is 16.4 Å². The van der Waals surface area contributed by atoms with Gasteiger partial charge < -0.3 is 5.32 Å². The Bertz CT molecular complexity index is 913. The molecule has 4 nitrogen and oxygen atoms in total. The third kappa shape index (κ3) is 3.39. The van der Waals surface area contributed by atoms with E-state index in [-0.39, 0.29) is 24.0 Å². The van der Waals surface area contributed by atoms with E-state index in [1.54, 1.807) is 15.9 Å². The molecule has 1 atom stereocenters. The first kappa shape index (κ1) is 17.2. The minimum atomic E-state index is -2.60. The molecule has 1 aliphatic rings. The number of anilines is 1. The van der Waals surface area contributed by atoms with Crippen LogP contribution in [0.25, 0.3) is 5.52 Å². The molecular formula is C16H14BrClF2N4S. The number of aromatic nitrogens is 3. The molecule has 0 spiro atoms. The summed E-state index contributed by atoms with van der Waals surface area (Å²) in [4.78, 5) is 5.43. The maximum atomic E-state index is 13.6. The number of hydrogen-bond donors (Lipinski definition) is 1. The molecule has 1 saturated carbocycles. The molecule has 0 aromatic carbocycles. The minimum absolute atomic E-state index is 0.0772. The fourth-order valence-electron chi connectivity index (χ4n) is 3.23. The maximum absolute atomic E-state index is 13.6. The van der Waals surface area contributed by atoms with Crippen LogP contribution in [0, 0.1) is 0 Å². The van der Waals surface area contributed by atoms with Crippen molar-refractivity contribution in [2.45, 2.75) is 37.6 Å². The second-order valence-corrected chi connectivity index (χ2v) is 8.27. The van der Waals surface area contributed by atoms with Crippen LogP contribution in [0.3, 0.4) is 0 Å². The molecule has 9 heteroatoms. The molecule has 0 saturated heterocycles. The molecule has 3 aromatic rings. The molecular weight excluding hydrogens is 434 g/mol. The number of hydrogen-bond acceptors (Lipinski definition) is 4. The molecule has 0 bridgehead atoms. The molecule has 0 unspecified atom stereocenters. The van der Waals surface area contributed by atoms with E-state index < -0.39 is 5.92 Å². The Morgan fingerprint density at radius 3 is 3.00 bits per heavy atom. The molecule has 3 aromatic heterocycles. The van der Waals surface area contributed by atoms with Crippen molar-refractivity contribution in [3.05, 3.63) is 43.9 Å². The van der Waals surface area contributed by atoms with E-state index in [1.807, 2.05) is 23.6 Å². The molecule has 0 aliphatic heterocycles. The molecule has 4 rings (SSSR count). The fraction of sp³-hybridized carbons (Fsp3) is 0.375. The lowest BCUT2D eigenvalue weighted by Gasteiger charge is -2.09. The molecule has 132 valence electrons. The highest BCUT2D eigenvalue weighted by Gasteiger charge is 2.41. The predicted octanol–water partition coefficient (Wildman–Crippen LogP) is 5.72. The quantitative estimate of drug-likeness (QED) is 0.556. The highest BCUT2D eigenvalue weighted by atomic mass is 79.9. The zero-order chi connectivity index (χ0) is 17.6. The standard InChI is InChI=1S/C16H14BrClF2N4S/c17-13-11(9-3-4-16(19,20)7-9)6-12-14(22-15(18)23-24(12)13)21-8-10-2-1-5-25-10/h1-2,5-6,9H,3-4,7-8H2,(H,21,22,23)/t9-/m1/s1. The Morgan fingerprint density at radius 2 is 2.32 bits per heavy atom. The van der Waals surface area contributed by atoms with E-state index in [1.165, 1.54) is 0 Å². The van der Waals surface area contributed by atoms with Crippen LogP contribution in [0.1, 0.15) is 35.6 Å². The van der Waals surface area contributed by atoms with Gasteiger partial charge in [-0.3, -0.25) is 0 Å². The molecule has 0 amide bonds. The third-order valence-electron chi connectivity index (χ3n) is 4.43. The summed E-state index contributed by atoms with van der Waals surface area (Å²) in [6.07, 6.45) is 0.245. The van der Waals surface area contributed by atoms with Crippen molar-refractivity contribution in [3.63, 3.8) is 0 Å². The van der Waals surface area contributed by atoms with Crippen LogP contribution in [-0.2, 0) is 6.54 Å². The number of alkyl halides is 2. The first-order valence-electron chi connectivity index (χ1n) is 7.82. The first-order valence-corrected chi connectivity index (χ1v) is 9.87. The fourth-order valence-corrected chi connectivity index (χ4v) is 4.75. The lowest BCUT2D eigenvalue weighted by atomic mass is 10.0. The second-order valence-electron chi connectivity index (χ2n) is 6.15. The Hall–Kier alpha value is -1.25. The van der Waals surface area contributed by atoms with Crippen LogP contribution >= 0.6 is 38.9 Å². The summed E-state index contributed by atoms with van der Waals surface area (Å²) in [5.74, 6) is -2.21. The van der Waals surface area contributed by atoms with Crippen molar-refractivity contribution < 1.29 is 8.78 Å². The van der Waals surface area contributed by atoms with E-state index in [0.717, 1.165) is 16.0 Å². The van der Waals surface area contributed by atoms with Crippen molar-refractivity contribution in [2.24, 2.45) is 0 Å². The van der Waals surface area contributed by atoms with Crippen LogP contribution in [0.4, 0.5) is 14.6 Å². The van der Waals surface area contributed by atoms with Crippen LogP contribution in [-0.4, -0.2) is 20.5 Å². The van der Waals surface area contributed by atoms with Gasteiger partial charge in [0.25, 0.3) is 0 Å². The lowest BCUT2D eigenvalue weighted by molar-refractivity contribution is 0.00775. The number of rotatable bonds is 4. The minimum Gasteiger partial charge on any atom is -0.363 e. The topological polar surface area (TPSA) is 42.2 Å². The van der Waals surface area contributed by atoms with Gasteiger partial charge in [0.05, 0.1) is 6.54 Å². The van der Waals surface area contributed by atoms with E-state index in [9.17, 15) is 8.78 Å². The zero-order valence-corrected chi connectivity index (χ0v) is 16.1. The molecule has 1 N–H and O–H groups in total. The Labute approximate surface area is 160 Å². The zero-order valence-electron chi connectivity index (χ0n) is 13.0. The predicted molar refractivity (Wildman–Crippen MR) is 98.9 cm³/mol. The van der Waals surface area contributed by atoms with Gasteiger partial charge in [0.1, 0.15) is 10.1 Å². The van der Waals surface area contributed by atoms with Crippen molar-refractivity contribution >= 4 is 50.2 Å². The summed E-state index contributed by atoms with van der Waals surface area (Å²) in [6.45, 7) is 0.611. The monoisotopic (exact) mass is 446 g/mol. The van der Waals surface area contributed by atoms with Crippen molar-refractivity contribution in [3.8, 4) is 0 Å². The van der Waals surface area contributed by atoms with Gasteiger partial charge in [-0.1, -0.05) is 6.07 Å². The van der Waals surface area contributed by atoms with Gasteiger partial charge in [0.15, 0.2) is 5.82 Å².